The van der Waals surface area contributed by atoms with Gasteiger partial charge in [0.25, 0.3) is 0 Å². The monoisotopic (exact) mass is 443 g/mol. The Morgan fingerprint density at radius 3 is 2.75 bits per heavy atom. The lowest BCUT2D eigenvalue weighted by Crippen LogP contribution is -2.16. The van der Waals surface area contributed by atoms with E-state index in [1.54, 1.807) is 12.7 Å². The van der Waals surface area contributed by atoms with Crippen molar-refractivity contribution < 1.29 is 9.47 Å². The maximum absolute atomic E-state index is 6.06. The van der Waals surface area contributed by atoms with E-state index in [-0.39, 0.29) is 0 Å². The molecule has 0 heterocycles. The highest BCUT2D eigenvalue weighted by Crippen LogP contribution is 2.37. The van der Waals surface area contributed by atoms with Crippen LogP contribution in [0.15, 0.2) is 52.5 Å². The Labute approximate surface area is 177 Å². The molecule has 0 atom stereocenters. The van der Waals surface area contributed by atoms with E-state index < -0.39 is 0 Å². The van der Waals surface area contributed by atoms with Gasteiger partial charge in [0.05, 0.1) is 11.6 Å². The number of hydrogen-bond donors (Lipinski definition) is 1. The van der Waals surface area contributed by atoms with Crippen molar-refractivity contribution in [2.75, 3.05) is 13.7 Å². The van der Waals surface area contributed by atoms with Crippen LogP contribution in [0.4, 0.5) is 0 Å². The number of benzene rings is 2. The summed E-state index contributed by atoms with van der Waals surface area (Å²) < 4.78 is 12.6. The van der Waals surface area contributed by atoms with Crippen molar-refractivity contribution in [3.8, 4) is 11.5 Å². The van der Waals surface area contributed by atoms with E-state index in [1.165, 1.54) is 36.8 Å². The lowest BCUT2D eigenvalue weighted by atomic mass is 9.97. The normalized spacial score (nSPS) is 13.9. The SMILES string of the molecule is COc1cc(CNCCC2=CCCCC2)cc(Br)c1OCc1cccc(C)c1. The van der Waals surface area contributed by atoms with Crippen LogP contribution in [0, 0.1) is 6.92 Å². The fraction of sp³-hybridized carbons (Fsp3) is 0.417. The van der Waals surface area contributed by atoms with Gasteiger partial charge in [0.1, 0.15) is 6.61 Å². The van der Waals surface area contributed by atoms with Crippen molar-refractivity contribution in [3.05, 3.63) is 69.2 Å². The van der Waals surface area contributed by atoms with Crippen LogP contribution in [0.3, 0.4) is 0 Å². The maximum Gasteiger partial charge on any atom is 0.175 e. The van der Waals surface area contributed by atoms with Gasteiger partial charge in [0, 0.05) is 6.54 Å². The van der Waals surface area contributed by atoms with Gasteiger partial charge in [-0.15, -0.1) is 0 Å². The number of allylic oxidation sites excluding steroid dienone is 1. The first kappa shape index (κ1) is 20.9. The number of halogens is 1. The van der Waals surface area contributed by atoms with Gasteiger partial charge in [0.15, 0.2) is 11.5 Å². The minimum Gasteiger partial charge on any atom is -0.493 e. The third kappa shape index (κ3) is 6.11. The molecule has 3 nitrogen and oxygen atoms in total. The molecular formula is C24H30BrNO2. The number of aryl methyl sites for hydroxylation is 1. The van der Waals surface area contributed by atoms with Gasteiger partial charge in [0.2, 0.25) is 0 Å². The van der Waals surface area contributed by atoms with Gasteiger partial charge >= 0.3 is 0 Å². The minimum absolute atomic E-state index is 0.517. The first-order valence-electron chi connectivity index (χ1n) is 10.1. The second kappa shape index (κ2) is 10.7. The van der Waals surface area contributed by atoms with E-state index in [4.69, 9.17) is 9.47 Å². The average molecular weight is 444 g/mol. The van der Waals surface area contributed by atoms with E-state index in [1.807, 2.05) is 0 Å². The zero-order valence-electron chi connectivity index (χ0n) is 16.9. The predicted octanol–water partition coefficient (Wildman–Crippen LogP) is 6.33. The molecule has 0 saturated heterocycles. The van der Waals surface area contributed by atoms with Crippen molar-refractivity contribution in [1.82, 2.24) is 5.32 Å². The largest absolute Gasteiger partial charge is 0.493 e. The Kier molecular flexibility index (Phi) is 7.99. The van der Waals surface area contributed by atoms with Crippen molar-refractivity contribution in [3.63, 3.8) is 0 Å². The molecule has 28 heavy (non-hydrogen) atoms. The zero-order valence-corrected chi connectivity index (χ0v) is 18.5. The van der Waals surface area contributed by atoms with Crippen LogP contribution in [0.5, 0.6) is 11.5 Å². The highest BCUT2D eigenvalue weighted by molar-refractivity contribution is 9.10. The summed E-state index contributed by atoms with van der Waals surface area (Å²) in [5.74, 6) is 1.51. The Balaban J connectivity index is 1.56. The first-order valence-corrected chi connectivity index (χ1v) is 10.9. The first-order chi connectivity index (χ1) is 13.7. The van der Waals surface area contributed by atoms with Crippen LogP contribution < -0.4 is 14.8 Å². The molecule has 0 aromatic heterocycles. The van der Waals surface area contributed by atoms with E-state index in [0.29, 0.717) is 6.61 Å². The van der Waals surface area contributed by atoms with Crippen LogP contribution in [0.2, 0.25) is 0 Å². The quantitative estimate of drug-likeness (QED) is 0.362. The Hall–Kier alpha value is -1.78. The molecule has 0 radical (unpaired) electrons. The van der Waals surface area contributed by atoms with E-state index in [9.17, 15) is 0 Å². The van der Waals surface area contributed by atoms with E-state index >= 15 is 0 Å². The van der Waals surface area contributed by atoms with Crippen LogP contribution in [0.25, 0.3) is 0 Å². The third-order valence-corrected chi connectivity index (χ3v) is 5.68. The minimum atomic E-state index is 0.517. The number of methoxy groups -OCH3 is 1. The number of rotatable bonds is 9. The average Bonchev–Trinajstić information content (AvgIpc) is 2.71. The molecule has 0 aliphatic heterocycles. The number of hydrogen-bond acceptors (Lipinski definition) is 3. The van der Waals surface area contributed by atoms with Crippen LogP contribution in [-0.4, -0.2) is 13.7 Å². The summed E-state index contributed by atoms with van der Waals surface area (Å²) in [5, 5.41) is 3.55. The van der Waals surface area contributed by atoms with Gasteiger partial charge in [-0.3, -0.25) is 0 Å². The molecule has 0 unspecified atom stereocenters. The third-order valence-electron chi connectivity index (χ3n) is 5.09. The summed E-state index contributed by atoms with van der Waals surface area (Å²) in [4.78, 5) is 0. The van der Waals surface area contributed by atoms with Gasteiger partial charge in [-0.25, -0.2) is 0 Å². The van der Waals surface area contributed by atoms with Crippen molar-refractivity contribution in [2.24, 2.45) is 0 Å². The standard InChI is InChI=1S/C24H30BrNO2/c1-18-7-6-10-20(13-18)17-28-24-22(25)14-21(15-23(24)27-2)16-26-12-11-19-8-4-3-5-9-19/h6-8,10,13-15,26H,3-5,9,11-12,16-17H2,1-2H3. The van der Waals surface area contributed by atoms with Crippen molar-refractivity contribution >= 4 is 15.9 Å². The van der Waals surface area contributed by atoms with Crippen LogP contribution in [0.1, 0.15) is 48.8 Å². The Morgan fingerprint density at radius 2 is 2.00 bits per heavy atom. The van der Waals surface area contributed by atoms with Gasteiger partial charge in [-0.05, 0) is 84.8 Å². The highest BCUT2D eigenvalue weighted by Gasteiger charge is 2.12. The van der Waals surface area contributed by atoms with Gasteiger partial charge < -0.3 is 14.8 Å². The van der Waals surface area contributed by atoms with Crippen molar-refractivity contribution in [2.45, 2.75) is 52.2 Å². The number of ether oxygens (including phenoxy) is 2. The molecule has 0 spiro atoms. The molecule has 3 rings (SSSR count). The summed E-state index contributed by atoms with van der Waals surface area (Å²) in [6.07, 6.45) is 8.79. The molecular weight excluding hydrogens is 414 g/mol. The predicted molar refractivity (Wildman–Crippen MR) is 119 cm³/mol. The lowest BCUT2D eigenvalue weighted by molar-refractivity contribution is 0.282. The second-order valence-corrected chi connectivity index (χ2v) is 8.28. The fourth-order valence-electron chi connectivity index (χ4n) is 3.59. The molecule has 150 valence electrons. The molecule has 1 aliphatic rings. The highest BCUT2D eigenvalue weighted by atomic mass is 79.9. The molecule has 2 aromatic carbocycles. The maximum atomic E-state index is 6.06. The molecule has 4 heteroatoms. The lowest BCUT2D eigenvalue weighted by Gasteiger charge is -2.16. The fourth-order valence-corrected chi connectivity index (χ4v) is 4.19. The van der Waals surface area contributed by atoms with Crippen molar-refractivity contribution in [1.29, 1.82) is 0 Å². The smallest absolute Gasteiger partial charge is 0.175 e. The Bertz CT molecular complexity index is 816. The topological polar surface area (TPSA) is 30.5 Å². The van der Waals surface area contributed by atoms with Crippen LogP contribution in [-0.2, 0) is 13.2 Å². The molecule has 0 bridgehead atoms. The van der Waals surface area contributed by atoms with Gasteiger partial charge in [-0.2, -0.15) is 0 Å². The zero-order chi connectivity index (χ0) is 19.8. The summed E-state index contributed by atoms with van der Waals surface area (Å²) in [7, 11) is 1.69. The number of nitrogens with one attached hydrogen (secondary N) is 1. The molecule has 1 N–H and O–H groups in total. The summed E-state index contributed by atoms with van der Waals surface area (Å²) >= 11 is 3.66. The summed E-state index contributed by atoms with van der Waals surface area (Å²) in [6.45, 7) is 4.44. The van der Waals surface area contributed by atoms with Crippen LogP contribution >= 0.6 is 15.9 Å². The molecule has 2 aromatic rings. The summed E-state index contributed by atoms with van der Waals surface area (Å²) in [6, 6.07) is 12.5. The molecule has 0 saturated carbocycles. The summed E-state index contributed by atoms with van der Waals surface area (Å²) in [5.41, 5.74) is 5.18. The van der Waals surface area contributed by atoms with E-state index in [0.717, 1.165) is 41.0 Å². The second-order valence-electron chi connectivity index (χ2n) is 7.42. The molecule has 1 aliphatic carbocycles. The van der Waals surface area contributed by atoms with E-state index in [2.05, 4.69) is 70.6 Å². The molecule has 0 amide bonds. The Morgan fingerprint density at radius 1 is 1.11 bits per heavy atom. The van der Waals surface area contributed by atoms with Gasteiger partial charge in [-0.1, -0.05) is 41.5 Å². The molecule has 0 fully saturated rings.